The van der Waals surface area contributed by atoms with Gasteiger partial charge in [-0.2, -0.15) is 0 Å². The lowest BCUT2D eigenvalue weighted by molar-refractivity contribution is 1.36. The number of nitrogens with zero attached hydrogens (tertiary/aromatic N) is 2. The average molecular weight is 535 g/mol. The summed E-state index contributed by atoms with van der Waals surface area (Å²) >= 11 is 0. The van der Waals surface area contributed by atoms with E-state index in [1.54, 1.807) is 0 Å². The minimum Gasteiger partial charge on any atom is -0.263 e. The predicted octanol–water partition coefficient (Wildman–Crippen LogP) is 10.6. The van der Waals surface area contributed by atoms with Gasteiger partial charge in [0.25, 0.3) is 0 Å². The SMILES string of the molecule is c1ccc(-c2cc(-c3cccc(-c4ccc(-c5cncc6ccccc56)cc4)c3)c3c(ccc4ccccc43)n2)cc1. The highest BCUT2D eigenvalue weighted by Crippen LogP contribution is 2.38. The van der Waals surface area contributed by atoms with Crippen molar-refractivity contribution >= 4 is 32.4 Å². The van der Waals surface area contributed by atoms with E-state index >= 15 is 0 Å². The molecular weight excluding hydrogens is 508 g/mol. The second kappa shape index (κ2) is 10.1. The van der Waals surface area contributed by atoms with Crippen LogP contribution in [0.1, 0.15) is 0 Å². The fraction of sp³-hybridized carbons (Fsp3) is 0. The maximum atomic E-state index is 5.12. The second-order valence-electron chi connectivity index (χ2n) is 10.7. The summed E-state index contributed by atoms with van der Waals surface area (Å²) in [6.07, 6.45) is 3.88. The van der Waals surface area contributed by atoms with Gasteiger partial charge in [-0.25, -0.2) is 4.98 Å². The van der Waals surface area contributed by atoms with Crippen molar-refractivity contribution < 1.29 is 0 Å². The van der Waals surface area contributed by atoms with Gasteiger partial charge in [0.05, 0.1) is 11.2 Å². The van der Waals surface area contributed by atoms with Gasteiger partial charge in [0.2, 0.25) is 0 Å². The molecule has 0 N–H and O–H groups in total. The molecule has 0 saturated heterocycles. The van der Waals surface area contributed by atoms with Gasteiger partial charge in [0, 0.05) is 34.3 Å². The lowest BCUT2D eigenvalue weighted by Crippen LogP contribution is -1.91. The Morgan fingerprint density at radius 1 is 0.381 bits per heavy atom. The summed E-state index contributed by atoms with van der Waals surface area (Å²) in [7, 11) is 0. The normalized spacial score (nSPS) is 11.3. The number of fused-ring (bicyclic) bond motifs is 4. The van der Waals surface area contributed by atoms with Crippen LogP contribution in [-0.4, -0.2) is 9.97 Å². The molecule has 8 rings (SSSR count). The molecule has 0 spiro atoms. The van der Waals surface area contributed by atoms with E-state index in [0.717, 1.165) is 27.7 Å². The Morgan fingerprint density at radius 3 is 1.93 bits per heavy atom. The molecule has 2 heteroatoms. The molecule has 0 bridgehead atoms. The molecule has 0 saturated carbocycles. The molecule has 0 unspecified atom stereocenters. The van der Waals surface area contributed by atoms with E-state index in [0.29, 0.717) is 0 Å². The van der Waals surface area contributed by atoms with Crippen LogP contribution in [0.5, 0.6) is 0 Å². The smallest absolute Gasteiger partial charge is 0.0722 e. The van der Waals surface area contributed by atoms with E-state index in [4.69, 9.17) is 4.98 Å². The molecule has 2 aromatic heterocycles. The van der Waals surface area contributed by atoms with Gasteiger partial charge in [0.1, 0.15) is 0 Å². The molecule has 0 aliphatic carbocycles. The second-order valence-corrected chi connectivity index (χ2v) is 10.7. The quantitative estimate of drug-likeness (QED) is 0.210. The third-order valence-corrected chi connectivity index (χ3v) is 8.14. The first-order valence-corrected chi connectivity index (χ1v) is 14.2. The molecule has 0 aliphatic rings. The van der Waals surface area contributed by atoms with Crippen molar-refractivity contribution in [1.29, 1.82) is 0 Å². The Balaban J connectivity index is 1.27. The topological polar surface area (TPSA) is 25.8 Å². The van der Waals surface area contributed by atoms with E-state index in [-0.39, 0.29) is 0 Å². The number of aromatic nitrogens is 2. The lowest BCUT2D eigenvalue weighted by Gasteiger charge is -2.14. The van der Waals surface area contributed by atoms with Crippen LogP contribution in [0, 0.1) is 0 Å². The van der Waals surface area contributed by atoms with E-state index in [2.05, 4.69) is 145 Å². The number of hydrogen-bond donors (Lipinski definition) is 0. The molecule has 42 heavy (non-hydrogen) atoms. The molecule has 0 radical (unpaired) electrons. The molecule has 0 fully saturated rings. The molecule has 196 valence electrons. The Labute approximate surface area is 244 Å². The predicted molar refractivity (Wildman–Crippen MR) is 176 cm³/mol. The maximum absolute atomic E-state index is 5.12. The van der Waals surface area contributed by atoms with Crippen LogP contribution in [0.15, 0.2) is 158 Å². The highest BCUT2D eigenvalue weighted by atomic mass is 14.7. The van der Waals surface area contributed by atoms with Crippen molar-refractivity contribution in [3.05, 3.63) is 158 Å². The average Bonchev–Trinajstić information content (AvgIpc) is 3.08. The van der Waals surface area contributed by atoms with E-state index in [1.165, 1.54) is 49.4 Å². The van der Waals surface area contributed by atoms with Gasteiger partial charge in [0.15, 0.2) is 0 Å². The standard InChI is InChI=1S/C40H26N2/c1-2-10-30(11-3-1)39-24-36(40-35-16-7-4-9-28(35)21-22-38(40)42-39)32-14-8-13-31(23-32)27-17-19-29(20-18-27)37-26-41-25-33-12-5-6-15-34(33)37/h1-26H. The van der Waals surface area contributed by atoms with Crippen LogP contribution in [0.2, 0.25) is 0 Å². The number of hydrogen-bond acceptors (Lipinski definition) is 2. The largest absolute Gasteiger partial charge is 0.263 e. The first-order chi connectivity index (χ1) is 20.8. The van der Waals surface area contributed by atoms with Crippen molar-refractivity contribution in [2.75, 3.05) is 0 Å². The van der Waals surface area contributed by atoms with Crippen LogP contribution in [0.25, 0.3) is 77.1 Å². The Hall–Kier alpha value is -5.60. The summed E-state index contributed by atoms with van der Waals surface area (Å²) in [5.74, 6) is 0. The minimum absolute atomic E-state index is 0.979. The fourth-order valence-corrected chi connectivity index (χ4v) is 6.05. The summed E-state index contributed by atoms with van der Waals surface area (Å²) in [6, 6.07) is 51.7. The summed E-state index contributed by atoms with van der Waals surface area (Å²) in [4.78, 5) is 9.60. The first kappa shape index (κ1) is 24.2. The van der Waals surface area contributed by atoms with Gasteiger partial charge >= 0.3 is 0 Å². The van der Waals surface area contributed by atoms with Gasteiger partial charge in [-0.15, -0.1) is 0 Å². The summed E-state index contributed by atoms with van der Waals surface area (Å²) in [6.45, 7) is 0. The van der Waals surface area contributed by atoms with Crippen LogP contribution in [-0.2, 0) is 0 Å². The van der Waals surface area contributed by atoms with Crippen molar-refractivity contribution in [3.8, 4) is 44.6 Å². The van der Waals surface area contributed by atoms with Crippen molar-refractivity contribution in [2.24, 2.45) is 0 Å². The number of rotatable bonds is 4. The van der Waals surface area contributed by atoms with Crippen LogP contribution < -0.4 is 0 Å². The number of pyridine rings is 2. The van der Waals surface area contributed by atoms with Gasteiger partial charge < -0.3 is 0 Å². The van der Waals surface area contributed by atoms with E-state index < -0.39 is 0 Å². The van der Waals surface area contributed by atoms with Gasteiger partial charge in [-0.3, -0.25) is 4.98 Å². The maximum Gasteiger partial charge on any atom is 0.0722 e. The Kier molecular flexibility index (Phi) is 5.82. The molecule has 0 aliphatic heterocycles. The van der Waals surface area contributed by atoms with Crippen LogP contribution in [0.4, 0.5) is 0 Å². The fourth-order valence-electron chi connectivity index (χ4n) is 6.05. The molecule has 0 amide bonds. The van der Waals surface area contributed by atoms with Crippen LogP contribution in [0.3, 0.4) is 0 Å². The molecule has 2 nitrogen and oxygen atoms in total. The summed E-state index contributed by atoms with van der Waals surface area (Å²) < 4.78 is 0. The van der Waals surface area contributed by atoms with Gasteiger partial charge in [-0.1, -0.05) is 127 Å². The zero-order valence-electron chi connectivity index (χ0n) is 22.9. The zero-order chi connectivity index (χ0) is 27.9. The van der Waals surface area contributed by atoms with Crippen molar-refractivity contribution in [3.63, 3.8) is 0 Å². The van der Waals surface area contributed by atoms with Gasteiger partial charge in [-0.05, 0) is 62.2 Å². The van der Waals surface area contributed by atoms with Crippen molar-refractivity contribution in [1.82, 2.24) is 9.97 Å². The Morgan fingerprint density at radius 2 is 1.07 bits per heavy atom. The van der Waals surface area contributed by atoms with E-state index in [9.17, 15) is 0 Å². The highest BCUT2D eigenvalue weighted by Gasteiger charge is 2.14. The summed E-state index contributed by atoms with van der Waals surface area (Å²) in [5.41, 5.74) is 10.1. The van der Waals surface area contributed by atoms with Crippen LogP contribution >= 0.6 is 0 Å². The zero-order valence-corrected chi connectivity index (χ0v) is 22.9. The van der Waals surface area contributed by atoms with E-state index in [1.807, 2.05) is 18.5 Å². The molecule has 8 aromatic rings. The lowest BCUT2D eigenvalue weighted by atomic mass is 9.92. The first-order valence-electron chi connectivity index (χ1n) is 14.2. The highest BCUT2D eigenvalue weighted by molar-refractivity contribution is 6.14. The molecular formula is C40H26N2. The molecule has 0 atom stereocenters. The third kappa shape index (κ3) is 4.22. The molecule has 2 heterocycles. The summed E-state index contributed by atoms with van der Waals surface area (Å²) in [5, 5.41) is 5.99. The van der Waals surface area contributed by atoms with Crippen molar-refractivity contribution in [2.45, 2.75) is 0 Å². The monoisotopic (exact) mass is 534 g/mol. The number of benzene rings is 6. The minimum atomic E-state index is 0.979. The molecule has 6 aromatic carbocycles. The Bertz CT molecular complexity index is 2230. The third-order valence-electron chi connectivity index (χ3n) is 8.14.